The molecule has 0 N–H and O–H groups in total. The van der Waals surface area contributed by atoms with Crippen molar-refractivity contribution in [2.24, 2.45) is 0 Å². The summed E-state index contributed by atoms with van der Waals surface area (Å²) in [6, 6.07) is 0. The summed E-state index contributed by atoms with van der Waals surface area (Å²) < 4.78 is 18.3. The molecule has 0 bridgehead atoms. The second kappa shape index (κ2) is 5.91. The molecule has 1 heterocycles. The minimum Gasteiger partial charge on any atom is -0.412 e. The third-order valence-electron chi connectivity index (χ3n) is 4.41. The van der Waals surface area contributed by atoms with Gasteiger partial charge in [0, 0.05) is 6.42 Å². The maximum atomic E-state index is 6.45. The van der Waals surface area contributed by atoms with Gasteiger partial charge >= 0.3 is 0 Å². The minimum atomic E-state index is -1.78. The third-order valence-corrected chi connectivity index (χ3v) is 8.98. The summed E-state index contributed by atoms with van der Waals surface area (Å²) in [6.07, 6.45) is 2.82. The van der Waals surface area contributed by atoms with Crippen LogP contribution in [0, 0.1) is 0 Å². The summed E-state index contributed by atoms with van der Waals surface area (Å²) >= 11 is 0. The zero-order valence-electron chi connectivity index (χ0n) is 14.4. The summed E-state index contributed by atoms with van der Waals surface area (Å²) in [4.78, 5) is 0. The molecular weight excluding hydrogens is 268 g/mol. The molecule has 0 aromatic carbocycles. The number of ether oxygens (including phenoxy) is 2. The summed E-state index contributed by atoms with van der Waals surface area (Å²) in [5.41, 5.74) is 0. The monoisotopic (exact) mass is 300 g/mol. The van der Waals surface area contributed by atoms with Gasteiger partial charge in [-0.2, -0.15) is 0 Å². The van der Waals surface area contributed by atoms with Gasteiger partial charge in [-0.25, -0.2) is 0 Å². The first-order chi connectivity index (χ1) is 8.88. The first kappa shape index (κ1) is 17.9. The Balaban J connectivity index is 2.76. The first-order valence-corrected chi connectivity index (χ1v) is 10.4. The largest absolute Gasteiger partial charge is 0.412 e. The highest BCUT2D eigenvalue weighted by molar-refractivity contribution is 6.74. The lowest BCUT2D eigenvalue weighted by molar-refractivity contribution is -0.301. The molecule has 0 aromatic rings. The van der Waals surface area contributed by atoms with E-state index in [1.54, 1.807) is 0 Å². The number of hydrogen-bond donors (Lipinski definition) is 0. The Kier molecular flexibility index (Phi) is 5.29. The average molecular weight is 301 g/mol. The maximum absolute atomic E-state index is 6.45. The summed E-state index contributed by atoms with van der Waals surface area (Å²) in [5, 5.41) is 0.208. The highest BCUT2D eigenvalue weighted by Crippen LogP contribution is 2.39. The zero-order valence-corrected chi connectivity index (χ0v) is 15.4. The van der Waals surface area contributed by atoms with Crippen molar-refractivity contribution in [3.8, 4) is 0 Å². The molecule has 0 unspecified atom stereocenters. The molecule has 0 aromatic heterocycles. The van der Waals surface area contributed by atoms with Crippen molar-refractivity contribution in [3.05, 3.63) is 12.7 Å². The SMILES string of the molecule is C=C[C@@H]1C[C@H]([C@H](C)O[Si](C)(C)C(C)(C)C)OC(C)(C)O1. The fraction of sp³-hybridized carbons (Fsp3) is 0.875. The van der Waals surface area contributed by atoms with Gasteiger partial charge in [-0.15, -0.1) is 6.58 Å². The van der Waals surface area contributed by atoms with E-state index in [1.165, 1.54) is 0 Å². The lowest BCUT2D eigenvalue weighted by Crippen LogP contribution is -2.52. The standard InChI is InChI=1S/C16H32O3Si/c1-10-13-11-14(18-16(6,7)17-13)12(2)19-20(8,9)15(3,4)5/h10,12-14H,1,11H2,2-9H3/t12-,13+,14+/m0/s1. The van der Waals surface area contributed by atoms with Crippen LogP contribution in [0.3, 0.4) is 0 Å². The van der Waals surface area contributed by atoms with Gasteiger partial charge in [-0.1, -0.05) is 26.8 Å². The smallest absolute Gasteiger partial charge is 0.192 e. The van der Waals surface area contributed by atoms with Gasteiger partial charge in [0.15, 0.2) is 14.1 Å². The Morgan fingerprint density at radius 1 is 1.30 bits per heavy atom. The molecule has 0 aliphatic carbocycles. The molecule has 0 amide bonds. The van der Waals surface area contributed by atoms with Crippen LogP contribution in [0.15, 0.2) is 12.7 Å². The van der Waals surface area contributed by atoms with Gasteiger partial charge in [-0.3, -0.25) is 0 Å². The second-order valence-electron chi connectivity index (χ2n) is 7.77. The predicted octanol–water partition coefficient (Wildman–Crippen LogP) is 4.49. The lowest BCUT2D eigenvalue weighted by Gasteiger charge is -2.45. The van der Waals surface area contributed by atoms with Crippen LogP contribution in [0.1, 0.15) is 48.0 Å². The van der Waals surface area contributed by atoms with Crippen LogP contribution >= 0.6 is 0 Å². The van der Waals surface area contributed by atoms with E-state index in [4.69, 9.17) is 13.9 Å². The Labute approximate surface area is 125 Å². The van der Waals surface area contributed by atoms with Crippen molar-refractivity contribution in [3.63, 3.8) is 0 Å². The normalized spacial score (nSPS) is 29.0. The molecule has 3 atom stereocenters. The van der Waals surface area contributed by atoms with Crippen molar-refractivity contribution >= 4 is 8.32 Å². The van der Waals surface area contributed by atoms with Gasteiger partial charge in [-0.05, 0) is 38.9 Å². The van der Waals surface area contributed by atoms with Crippen LogP contribution in [0.4, 0.5) is 0 Å². The van der Waals surface area contributed by atoms with Gasteiger partial charge in [0.1, 0.15) is 0 Å². The molecule has 0 saturated carbocycles. The van der Waals surface area contributed by atoms with Crippen molar-refractivity contribution in [1.29, 1.82) is 0 Å². The molecular formula is C16H32O3Si. The molecule has 0 radical (unpaired) electrons. The van der Waals surface area contributed by atoms with E-state index in [9.17, 15) is 0 Å². The van der Waals surface area contributed by atoms with Crippen LogP contribution in [0.2, 0.25) is 18.1 Å². The molecule has 1 saturated heterocycles. The van der Waals surface area contributed by atoms with Gasteiger partial charge in [0.25, 0.3) is 0 Å². The topological polar surface area (TPSA) is 27.7 Å². The summed E-state index contributed by atoms with van der Waals surface area (Å²) in [6.45, 7) is 21.2. The molecule has 1 aliphatic heterocycles. The minimum absolute atomic E-state index is 0.0363. The van der Waals surface area contributed by atoms with Crippen LogP contribution in [0.5, 0.6) is 0 Å². The molecule has 0 spiro atoms. The molecule has 1 fully saturated rings. The van der Waals surface area contributed by atoms with Crippen molar-refractivity contribution in [2.45, 2.75) is 90.2 Å². The van der Waals surface area contributed by atoms with Gasteiger partial charge < -0.3 is 13.9 Å². The number of hydrogen-bond acceptors (Lipinski definition) is 3. The fourth-order valence-corrected chi connectivity index (χ4v) is 3.67. The molecule has 3 nitrogen and oxygen atoms in total. The lowest BCUT2D eigenvalue weighted by atomic mass is 10.0. The predicted molar refractivity (Wildman–Crippen MR) is 86.4 cm³/mol. The van der Waals surface area contributed by atoms with Gasteiger partial charge in [0.05, 0.1) is 18.3 Å². The van der Waals surface area contributed by atoms with E-state index < -0.39 is 14.1 Å². The van der Waals surface area contributed by atoms with E-state index >= 15 is 0 Å². The third kappa shape index (κ3) is 4.42. The fourth-order valence-electron chi connectivity index (χ4n) is 2.23. The van der Waals surface area contributed by atoms with Crippen molar-refractivity contribution in [2.75, 3.05) is 0 Å². The Morgan fingerprint density at radius 2 is 1.85 bits per heavy atom. The van der Waals surface area contributed by atoms with E-state index in [-0.39, 0.29) is 23.4 Å². The highest BCUT2D eigenvalue weighted by Gasteiger charge is 2.43. The Morgan fingerprint density at radius 3 is 2.30 bits per heavy atom. The summed E-state index contributed by atoms with van der Waals surface area (Å²) in [5.74, 6) is -0.577. The zero-order chi connectivity index (χ0) is 15.8. The Hall–Kier alpha value is -0.163. The van der Waals surface area contributed by atoms with Crippen LogP contribution in [-0.4, -0.2) is 32.4 Å². The van der Waals surface area contributed by atoms with Crippen LogP contribution in [-0.2, 0) is 13.9 Å². The molecule has 1 rings (SSSR count). The van der Waals surface area contributed by atoms with E-state index in [0.29, 0.717) is 0 Å². The van der Waals surface area contributed by atoms with Gasteiger partial charge in [0.2, 0.25) is 0 Å². The average Bonchev–Trinajstić information content (AvgIpc) is 2.24. The van der Waals surface area contributed by atoms with Crippen molar-refractivity contribution < 1.29 is 13.9 Å². The maximum Gasteiger partial charge on any atom is 0.192 e. The van der Waals surface area contributed by atoms with E-state index in [2.05, 4.69) is 47.4 Å². The van der Waals surface area contributed by atoms with E-state index in [1.807, 2.05) is 19.9 Å². The van der Waals surface area contributed by atoms with Crippen molar-refractivity contribution in [1.82, 2.24) is 0 Å². The highest BCUT2D eigenvalue weighted by atomic mass is 28.4. The quantitative estimate of drug-likeness (QED) is 0.565. The summed E-state index contributed by atoms with van der Waals surface area (Å²) in [7, 11) is -1.78. The molecule has 20 heavy (non-hydrogen) atoms. The first-order valence-electron chi connectivity index (χ1n) is 7.54. The van der Waals surface area contributed by atoms with Crippen LogP contribution in [0.25, 0.3) is 0 Å². The molecule has 4 heteroatoms. The van der Waals surface area contributed by atoms with Crippen LogP contribution < -0.4 is 0 Å². The van der Waals surface area contributed by atoms with E-state index in [0.717, 1.165) is 6.42 Å². The second-order valence-corrected chi connectivity index (χ2v) is 12.5. The number of rotatable bonds is 4. The Bertz CT molecular complexity index is 344. The molecule has 1 aliphatic rings. The molecule has 118 valence electrons.